The Morgan fingerprint density at radius 1 is 0.491 bits per heavy atom. The van der Waals surface area contributed by atoms with Crippen LogP contribution in [0.4, 0.5) is 0 Å². The maximum absolute atomic E-state index is 10.1. The van der Waals surface area contributed by atoms with Gasteiger partial charge in [0.1, 0.15) is 11.2 Å². The Hall–Kier alpha value is -6.44. The van der Waals surface area contributed by atoms with E-state index >= 15 is 0 Å². The fourth-order valence-corrected chi connectivity index (χ4v) is 7.34. The third-order valence-corrected chi connectivity index (χ3v) is 9.78. The van der Waals surface area contributed by atoms with Crippen LogP contribution in [0.3, 0.4) is 0 Å². The molecule has 250 valence electrons. The molecule has 0 N–H and O–H groups in total. The molecular formula is C52H36O. The molecule has 1 nitrogen and oxygen atoms in total. The summed E-state index contributed by atoms with van der Waals surface area (Å²) in [6.45, 7) is 2.94. The summed E-state index contributed by atoms with van der Waals surface area (Å²) in [7, 11) is 0. The highest BCUT2D eigenvalue weighted by Crippen LogP contribution is 2.52. The lowest BCUT2D eigenvalue weighted by molar-refractivity contribution is 0.661. The molecule has 1 heterocycles. The molecule has 0 aliphatic heterocycles. The molecule has 1 aromatic heterocycles. The van der Waals surface area contributed by atoms with Crippen molar-refractivity contribution in [2.24, 2.45) is 0 Å². The molecule has 11 rings (SSSR count). The van der Waals surface area contributed by atoms with Gasteiger partial charge in [0.25, 0.3) is 0 Å². The van der Waals surface area contributed by atoms with Crippen molar-refractivity contribution < 1.29 is 42.8 Å². The zero-order valence-corrected chi connectivity index (χ0v) is 27.6. The largest absolute Gasteiger partial charge is 0.455 e. The second kappa shape index (κ2) is 11.3. The first-order valence-corrected chi connectivity index (χ1v) is 16.4. The van der Waals surface area contributed by atoms with E-state index in [2.05, 4.69) is 0 Å². The predicted octanol–water partition coefficient (Wildman–Crippen LogP) is 14.3. The van der Waals surface area contributed by atoms with Crippen LogP contribution in [0.25, 0.3) is 87.6 Å². The molecule has 1 heteroatoms. The Bertz CT molecular complexity index is 4620. The van der Waals surface area contributed by atoms with Gasteiger partial charge in [-0.2, -0.15) is 0 Å². The number of benzene rings is 9. The van der Waals surface area contributed by atoms with Crippen molar-refractivity contribution in [1.82, 2.24) is 0 Å². The fraction of sp³-hybridized carbons (Fsp3) is 0.0769. The SMILES string of the molecule is [2H]c1c([2H])c([2H])c(-c2c([2H])c([2H])c3c(c2[2H])C(C)(C)c2c([2H])c(-c4c5c([2H])c([2H])c([2H])c([2H])c5c(Cc5c([2H])c([2H])c([2H])c6oc7c8c([2H])c([2H])c([2H])c([2H])c8c([2H])c([2H])c7c56)c5c([2H])c([2H])c([2H])c([2H])c45)c([2H])c([2H])c2-3)c([2H])c1[2H]. The van der Waals surface area contributed by atoms with Crippen LogP contribution >= 0.6 is 0 Å². The summed E-state index contributed by atoms with van der Waals surface area (Å²) in [6.07, 6.45) is -0.840. The second-order valence-electron chi connectivity index (χ2n) is 13.0. The van der Waals surface area contributed by atoms with Gasteiger partial charge in [0.15, 0.2) is 0 Å². The summed E-state index contributed by atoms with van der Waals surface area (Å²) in [5, 5.41) is -3.63. The summed E-state index contributed by atoms with van der Waals surface area (Å²) in [5.41, 5.74) is -6.58. The minimum absolute atomic E-state index is 0.147. The van der Waals surface area contributed by atoms with Gasteiger partial charge in [-0.05, 0) is 113 Å². The zero-order chi connectivity index (χ0) is 59.6. The van der Waals surface area contributed by atoms with E-state index in [1.807, 2.05) is 0 Å². The number of fused-ring (bicyclic) bond motifs is 10. The van der Waals surface area contributed by atoms with E-state index < -0.39 is 241 Å². The van der Waals surface area contributed by atoms with Gasteiger partial charge in [0.05, 0.1) is 38.4 Å². The minimum atomic E-state index is -1.72. The first kappa shape index (κ1) is 13.5. The Kier molecular flexibility index (Phi) is 2.88. The highest BCUT2D eigenvalue weighted by Gasteiger charge is 2.36. The van der Waals surface area contributed by atoms with E-state index in [1.54, 1.807) is 0 Å². The van der Waals surface area contributed by atoms with E-state index in [-0.39, 0.29) is 49.5 Å². The summed E-state index contributed by atoms with van der Waals surface area (Å²) in [6, 6.07) is -22.0. The van der Waals surface area contributed by atoms with Crippen LogP contribution in [0.5, 0.6) is 0 Å². The maximum Gasteiger partial charge on any atom is 0.143 e. The van der Waals surface area contributed by atoms with Crippen molar-refractivity contribution in [2.75, 3.05) is 0 Å². The lowest BCUT2D eigenvalue weighted by Gasteiger charge is -2.23. The summed E-state index contributed by atoms with van der Waals surface area (Å²) < 4.78 is 260. The van der Waals surface area contributed by atoms with E-state index in [4.69, 9.17) is 27.7 Å². The average molecular weight is 705 g/mol. The fourth-order valence-electron chi connectivity index (χ4n) is 7.34. The Morgan fingerprint density at radius 3 is 1.81 bits per heavy atom. The van der Waals surface area contributed by atoms with Gasteiger partial charge in [-0.1, -0.05) is 159 Å². The molecule has 0 unspecified atom stereocenters. The summed E-state index contributed by atoms with van der Waals surface area (Å²) >= 11 is 0. The average Bonchev–Trinajstić information content (AvgIpc) is 4.17. The standard InChI is InChI=1S/C52H36O/c1-52(2)46-30-34(32-13-4-3-5-14-32)24-26-40(46)41-27-25-36(31-47(41)52)49-42-20-10-8-18-38(42)45(39-19-9-11-21-43(39)49)29-35-16-12-22-48-50(35)44-28-23-33-15-6-7-17-37(33)51(44)53-48/h3-28,30-31H,29H2,1-2H3/i3D,4D,5D,6D,7D,8D,9D,10D,11D,12D,13D,14D,15D,16D,17D,18D,19D,20D,21D,22D,23D,24D,25D,26D,27D,28D,30D,31D. The topological polar surface area (TPSA) is 13.1 Å². The van der Waals surface area contributed by atoms with Gasteiger partial charge >= 0.3 is 0 Å². The van der Waals surface area contributed by atoms with Gasteiger partial charge in [0.2, 0.25) is 0 Å². The summed E-state index contributed by atoms with van der Waals surface area (Å²) in [5.74, 6) is 0. The molecule has 0 radical (unpaired) electrons. The van der Waals surface area contributed by atoms with Crippen molar-refractivity contribution in [3.05, 3.63) is 191 Å². The predicted molar refractivity (Wildman–Crippen MR) is 224 cm³/mol. The van der Waals surface area contributed by atoms with Crippen LogP contribution in [0.1, 0.15) is 74.5 Å². The van der Waals surface area contributed by atoms with Crippen molar-refractivity contribution in [3.8, 4) is 33.4 Å². The monoisotopic (exact) mass is 704 g/mol. The molecule has 9 aromatic carbocycles. The first-order chi connectivity index (χ1) is 37.7. The molecule has 0 fully saturated rings. The van der Waals surface area contributed by atoms with Crippen LogP contribution in [0.2, 0.25) is 0 Å². The van der Waals surface area contributed by atoms with Gasteiger partial charge < -0.3 is 4.42 Å². The lowest BCUT2D eigenvalue weighted by Crippen LogP contribution is -2.15. The third-order valence-electron chi connectivity index (χ3n) is 9.78. The van der Waals surface area contributed by atoms with Crippen molar-refractivity contribution in [2.45, 2.75) is 25.7 Å². The minimum Gasteiger partial charge on any atom is -0.455 e. The summed E-state index contributed by atoms with van der Waals surface area (Å²) in [4.78, 5) is 0. The van der Waals surface area contributed by atoms with Crippen LogP contribution in [-0.4, -0.2) is 0 Å². The quantitative estimate of drug-likeness (QED) is 0.166. The molecule has 1 aliphatic rings. The molecule has 0 saturated carbocycles. The van der Waals surface area contributed by atoms with Crippen molar-refractivity contribution >= 4 is 54.3 Å². The number of furan rings is 1. The van der Waals surface area contributed by atoms with Crippen molar-refractivity contribution in [3.63, 3.8) is 0 Å². The van der Waals surface area contributed by atoms with E-state index in [0.29, 0.717) is 0 Å². The molecule has 0 spiro atoms. The highest BCUT2D eigenvalue weighted by atomic mass is 16.3. The number of hydrogen-bond donors (Lipinski definition) is 0. The molecule has 53 heavy (non-hydrogen) atoms. The molecule has 10 aromatic rings. The Balaban J connectivity index is 1.30. The van der Waals surface area contributed by atoms with Gasteiger partial charge in [-0.15, -0.1) is 0 Å². The van der Waals surface area contributed by atoms with Crippen molar-refractivity contribution in [1.29, 1.82) is 0 Å². The highest BCUT2D eigenvalue weighted by molar-refractivity contribution is 6.18. The number of rotatable bonds is 4. The molecule has 0 saturated heterocycles. The van der Waals surface area contributed by atoms with Gasteiger partial charge in [-0.3, -0.25) is 0 Å². The normalized spacial score (nSPS) is 20.7. The third kappa shape index (κ3) is 4.44. The first-order valence-electron chi connectivity index (χ1n) is 30.4. The van der Waals surface area contributed by atoms with E-state index in [9.17, 15) is 15.1 Å². The molecule has 0 amide bonds. The van der Waals surface area contributed by atoms with Gasteiger partial charge in [-0.25, -0.2) is 0 Å². The molecule has 0 bridgehead atoms. The Morgan fingerprint density at radius 2 is 1.09 bits per heavy atom. The smallest absolute Gasteiger partial charge is 0.143 e. The van der Waals surface area contributed by atoms with Gasteiger partial charge in [0, 0.05) is 21.6 Å². The Labute approximate surface area is 348 Å². The van der Waals surface area contributed by atoms with Crippen LogP contribution < -0.4 is 0 Å². The van der Waals surface area contributed by atoms with E-state index in [0.717, 1.165) is 0 Å². The van der Waals surface area contributed by atoms with Crippen LogP contribution in [0.15, 0.2) is 174 Å². The maximum atomic E-state index is 10.1. The van der Waals surface area contributed by atoms with E-state index in [1.165, 1.54) is 13.8 Å². The number of hydrogen-bond acceptors (Lipinski definition) is 1. The molecular weight excluding hydrogens is 641 g/mol. The van der Waals surface area contributed by atoms with Crippen LogP contribution in [-0.2, 0) is 11.8 Å². The molecule has 1 aliphatic carbocycles. The lowest BCUT2D eigenvalue weighted by atomic mass is 9.80. The second-order valence-corrected chi connectivity index (χ2v) is 13.0. The van der Waals surface area contributed by atoms with Crippen LogP contribution in [0, 0.1) is 0 Å². The zero-order valence-electron chi connectivity index (χ0n) is 55.6. The molecule has 0 atom stereocenters.